The van der Waals surface area contributed by atoms with Gasteiger partial charge in [-0.25, -0.2) is 0 Å². The van der Waals surface area contributed by atoms with Crippen LogP contribution in [0.2, 0.25) is 5.02 Å². The highest BCUT2D eigenvalue weighted by atomic mass is 35.5. The van der Waals surface area contributed by atoms with Crippen molar-refractivity contribution >= 4 is 17.4 Å². The summed E-state index contributed by atoms with van der Waals surface area (Å²) < 4.78 is 0. The average molecular weight is 212 g/mol. The van der Waals surface area contributed by atoms with E-state index in [1.54, 1.807) is 6.07 Å². The van der Waals surface area contributed by atoms with Gasteiger partial charge in [0.2, 0.25) is 0 Å². The molecule has 2 nitrogen and oxygen atoms in total. The molecule has 1 aromatic carbocycles. The molecule has 0 aliphatic rings. The lowest BCUT2D eigenvalue weighted by Crippen LogP contribution is -2.10. The lowest BCUT2D eigenvalue weighted by atomic mass is 10.0. The summed E-state index contributed by atoms with van der Waals surface area (Å²) >= 11 is 6.00. The van der Waals surface area contributed by atoms with E-state index in [0.29, 0.717) is 23.6 Å². The predicted molar refractivity (Wildman–Crippen MR) is 58.9 cm³/mol. The molecular weight excluding hydrogens is 198 g/mol. The summed E-state index contributed by atoms with van der Waals surface area (Å²) in [5.41, 5.74) is 7.94. The van der Waals surface area contributed by atoms with Crippen molar-refractivity contribution in [2.24, 2.45) is 5.73 Å². The van der Waals surface area contributed by atoms with Crippen molar-refractivity contribution in [3.63, 3.8) is 0 Å². The van der Waals surface area contributed by atoms with Gasteiger partial charge in [-0.05, 0) is 37.6 Å². The fraction of sp³-hybridized carbons (Fsp3) is 0.364. The molecule has 0 saturated carbocycles. The molecule has 14 heavy (non-hydrogen) atoms. The van der Waals surface area contributed by atoms with Crippen molar-refractivity contribution in [3.8, 4) is 0 Å². The maximum Gasteiger partial charge on any atom is 0.165 e. The Labute approximate surface area is 89.1 Å². The van der Waals surface area contributed by atoms with Crippen LogP contribution < -0.4 is 5.73 Å². The van der Waals surface area contributed by atoms with Crippen molar-refractivity contribution in [2.45, 2.75) is 20.3 Å². The summed E-state index contributed by atoms with van der Waals surface area (Å²) in [6, 6.07) is 3.76. The zero-order valence-corrected chi connectivity index (χ0v) is 9.19. The van der Waals surface area contributed by atoms with Gasteiger partial charge in [-0.15, -0.1) is 0 Å². The van der Waals surface area contributed by atoms with Gasteiger partial charge >= 0.3 is 0 Å². The molecule has 0 aliphatic carbocycles. The monoisotopic (exact) mass is 211 g/mol. The Morgan fingerprint density at radius 3 is 2.57 bits per heavy atom. The molecule has 0 aromatic heterocycles. The molecule has 0 aliphatic heterocycles. The lowest BCUT2D eigenvalue weighted by molar-refractivity contribution is 0.0985. The number of carbonyl (C=O) groups is 1. The van der Waals surface area contributed by atoms with E-state index in [0.717, 1.165) is 11.1 Å². The van der Waals surface area contributed by atoms with Crippen molar-refractivity contribution in [2.75, 3.05) is 6.54 Å². The van der Waals surface area contributed by atoms with Crippen molar-refractivity contribution in [3.05, 3.63) is 33.8 Å². The van der Waals surface area contributed by atoms with E-state index >= 15 is 0 Å². The number of benzene rings is 1. The number of hydrogen-bond donors (Lipinski definition) is 1. The quantitative estimate of drug-likeness (QED) is 0.781. The normalized spacial score (nSPS) is 10.3. The Morgan fingerprint density at radius 1 is 1.43 bits per heavy atom. The largest absolute Gasteiger partial charge is 0.330 e. The molecule has 2 N–H and O–H groups in total. The van der Waals surface area contributed by atoms with Crippen LogP contribution in [-0.4, -0.2) is 12.3 Å². The van der Waals surface area contributed by atoms with Gasteiger partial charge < -0.3 is 5.73 Å². The minimum atomic E-state index is 0.0231. The molecule has 0 heterocycles. The van der Waals surface area contributed by atoms with Gasteiger partial charge in [0.05, 0.1) is 5.02 Å². The molecule has 1 rings (SSSR count). The zero-order valence-electron chi connectivity index (χ0n) is 8.43. The van der Waals surface area contributed by atoms with Crippen LogP contribution in [0.3, 0.4) is 0 Å². The van der Waals surface area contributed by atoms with E-state index in [1.807, 2.05) is 19.9 Å². The van der Waals surface area contributed by atoms with Crippen molar-refractivity contribution in [1.82, 2.24) is 0 Å². The Kier molecular flexibility index (Phi) is 3.67. The lowest BCUT2D eigenvalue weighted by Gasteiger charge is -2.07. The molecule has 0 unspecified atom stereocenters. The number of halogens is 1. The van der Waals surface area contributed by atoms with Gasteiger partial charge in [-0.3, -0.25) is 4.79 Å². The van der Waals surface area contributed by atoms with Crippen LogP contribution in [0.25, 0.3) is 0 Å². The summed E-state index contributed by atoms with van der Waals surface area (Å²) in [7, 11) is 0. The maximum atomic E-state index is 11.6. The van der Waals surface area contributed by atoms with E-state index in [2.05, 4.69) is 0 Å². The Hall–Kier alpha value is -0.860. The highest BCUT2D eigenvalue weighted by Gasteiger charge is 2.12. The molecule has 3 heteroatoms. The van der Waals surface area contributed by atoms with E-state index in [-0.39, 0.29) is 5.78 Å². The van der Waals surface area contributed by atoms with Crippen LogP contribution >= 0.6 is 11.6 Å². The highest BCUT2D eigenvalue weighted by molar-refractivity contribution is 6.34. The fourth-order valence-corrected chi connectivity index (χ4v) is 1.95. The topological polar surface area (TPSA) is 43.1 Å². The number of ketones is 1. The van der Waals surface area contributed by atoms with Crippen molar-refractivity contribution in [1.29, 1.82) is 0 Å². The Bertz CT molecular complexity index is 337. The second kappa shape index (κ2) is 4.58. The van der Waals surface area contributed by atoms with Gasteiger partial charge in [-0.1, -0.05) is 17.7 Å². The minimum Gasteiger partial charge on any atom is -0.330 e. The fourth-order valence-electron chi connectivity index (χ4n) is 1.52. The predicted octanol–water partition coefficient (Wildman–Crippen LogP) is 2.49. The molecule has 76 valence electrons. The minimum absolute atomic E-state index is 0.0231. The molecule has 0 bridgehead atoms. The molecule has 0 fully saturated rings. The number of rotatable bonds is 3. The number of carbonyl (C=O) groups excluding carboxylic acids is 1. The number of nitrogens with two attached hydrogens (primary N) is 1. The first-order chi connectivity index (χ1) is 6.56. The number of Topliss-reactive ketones (excluding diaryl/α,β-unsaturated/α-hetero) is 1. The van der Waals surface area contributed by atoms with Gasteiger partial charge in [0.25, 0.3) is 0 Å². The summed E-state index contributed by atoms with van der Waals surface area (Å²) in [5, 5.41) is 0.529. The van der Waals surface area contributed by atoms with Crippen LogP contribution in [0, 0.1) is 13.8 Å². The summed E-state index contributed by atoms with van der Waals surface area (Å²) in [6.45, 7) is 4.21. The third-order valence-corrected chi connectivity index (χ3v) is 2.38. The van der Waals surface area contributed by atoms with Crippen LogP contribution in [0.15, 0.2) is 12.1 Å². The summed E-state index contributed by atoms with van der Waals surface area (Å²) in [5.74, 6) is 0.0231. The number of aryl methyl sites for hydroxylation is 2. The highest BCUT2D eigenvalue weighted by Crippen LogP contribution is 2.23. The SMILES string of the molecule is Cc1cc(C)c(C(=O)CCN)c(Cl)c1. The zero-order chi connectivity index (χ0) is 10.7. The smallest absolute Gasteiger partial charge is 0.165 e. The van der Waals surface area contributed by atoms with E-state index in [1.165, 1.54) is 0 Å². The first-order valence-electron chi connectivity index (χ1n) is 4.56. The van der Waals surface area contributed by atoms with Gasteiger partial charge in [0.15, 0.2) is 5.78 Å². The van der Waals surface area contributed by atoms with Gasteiger partial charge in [0, 0.05) is 12.0 Å². The summed E-state index contributed by atoms with van der Waals surface area (Å²) in [4.78, 5) is 11.6. The maximum absolute atomic E-state index is 11.6. The van der Waals surface area contributed by atoms with Gasteiger partial charge in [0.1, 0.15) is 0 Å². The standard InChI is InChI=1S/C11H14ClNO/c1-7-5-8(2)11(9(12)6-7)10(14)3-4-13/h5-6H,3-4,13H2,1-2H3. The van der Waals surface area contributed by atoms with E-state index < -0.39 is 0 Å². The molecule has 0 saturated heterocycles. The van der Waals surface area contributed by atoms with Crippen LogP contribution in [0.5, 0.6) is 0 Å². The first-order valence-corrected chi connectivity index (χ1v) is 4.94. The molecule has 0 atom stereocenters. The Balaban J connectivity index is 3.14. The number of hydrogen-bond acceptors (Lipinski definition) is 2. The van der Waals surface area contributed by atoms with Crippen LogP contribution in [0.1, 0.15) is 27.9 Å². The first kappa shape index (κ1) is 11.2. The van der Waals surface area contributed by atoms with E-state index in [4.69, 9.17) is 17.3 Å². The van der Waals surface area contributed by atoms with Gasteiger partial charge in [-0.2, -0.15) is 0 Å². The third kappa shape index (κ3) is 2.34. The van der Waals surface area contributed by atoms with E-state index in [9.17, 15) is 4.79 Å². The molecule has 1 aromatic rings. The van der Waals surface area contributed by atoms with Crippen molar-refractivity contribution < 1.29 is 4.79 Å². The third-order valence-electron chi connectivity index (χ3n) is 2.08. The Morgan fingerprint density at radius 2 is 2.07 bits per heavy atom. The second-order valence-electron chi connectivity index (χ2n) is 3.40. The molecular formula is C11H14ClNO. The molecule has 0 spiro atoms. The summed E-state index contributed by atoms with van der Waals surface area (Å²) in [6.07, 6.45) is 0.351. The van der Waals surface area contributed by atoms with Crippen LogP contribution in [0.4, 0.5) is 0 Å². The molecule has 0 amide bonds. The average Bonchev–Trinajstić information content (AvgIpc) is 2.01. The second-order valence-corrected chi connectivity index (χ2v) is 3.81. The molecule has 0 radical (unpaired) electrons. The van der Waals surface area contributed by atoms with Crippen LogP contribution in [-0.2, 0) is 0 Å².